The molecule has 9 heteroatoms. The van der Waals surface area contributed by atoms with Gasteiger partial charge in [-0.25, -0.2) is 12.8 Å². The summed E-state index contributed by atoms with van der Waals surface area (Å²) in [5.74, 6) is -0.645. The van der Waals surface area contributed by atoms with Crippen molar-refractivity contribution in [1.29, 1.82) is 0 Å². The Hall–Kier alpha value is -1.18. The van der Waals surface area contributed by atoms with E-state index < -0.39 is 20.0 Å². The van der Waals surface area contributed by atoms with Crippen LogP contribution < -0.4 is 0 Å². The molecule has 0 radical (unpaired) electrons. The van der Waals surface area contributed by atoms with E-state index >= 15 is 0 Å². The van der Waals surface area contributed by atoms with Gasteiger partial charge in [0, 0.05) is 17.7 Å². The lowest BCUT2D eigenvalue weighted by Gasteiger charge is -2.05. The molecule has 1 aromatic carbocycles. The molecule has 0 aliphatic rings. The lowest BCUT2D eigenvalue weighted by molar-refractivity contribution is 0.592. The number of hydrogen-bond donors (Lipinski definition) is 0. The second-order valence-corrected chi connectivity index (χ2v) is 6.27. The minimum absolute atomic E-state index is 0.0164. The Kier molecular flexibility index (Phi) is 3.31. The Morgan fingerprint density at radius 1 is 1.33 bits per heavy atom. The molecule has 0 saturated heterocycles. The van der Waals surface area contributed by atoms with Crippen LogP contribution in [0.3, 0.4) is 0 Å². The van der Waals surface area contributed by atoms with Gasteiger partial charge in [-0.05, 0) is 12.1 Å². The normalized spacial score (nSPS) is 11.8. The van der Waals surface area contributed by atoms with Gasteiger partial charge >= 0.3 is 0 Å². The highest BCUT2D eigenvalue weighted by atomic mass is 35.7. The first-order chi connectivity index (χ1) is 8.32. The van der Waals surface area contributed by atoms with E-state index in [4.69, 9.17) is 22.3 Å². The lowest BCUT2D eigenvalue weighted by atomic mass is 10.2. The topological polar surface area (TPSA) is 64.8 Å². The molecule has 0 atom stereocenters. The van der Waals surface area contributed by atoms with E-state index in [9.17, 15) is 12.8 Å². The lowest BCUT2D eigenvalue weighted by Crippen LogP contribution is -2.03. The summed E-state index contributed by atoms with van der Waals surface area (Å²) in [6.45, 7) is 0. The molecule has 5 nitrogen and oxygen atoms in total. The van der Waals surface area contributed by atoms with Crippen LogP contribution in [0.1, 0.15) is 0 Å². The van der Waals surface area contributed by atoms with Crippen molar-refractivity contribution in [2.45, 2.75) is 5.16 Å². The van der Waals surface area contributed by atoms with Crippen LogP contribution in [-0.4, -0.2) is 23.2 Å². The Morgan fingerprint density at radius 2 is 2.00 bits per heavy atom. The molecule has 0 N–H and O–H groups in total. The molecule has 1 heterocycles. The van der Waals surface area contributed by atoms with Crippen molar-refractivity contribution in [3.63, 3.8) is 0 Å². The fraction of sp³-hybridized carbons (Fsp3) is 0.111. The molecule has 2 aromatic rings. The predicted octanol–water partition coefficient (Wildman–Crippen LogP) is 2.20. The highest BCUT2D eigenvalue weighted by Crippen LogP contribution is 2.30. The zero-order chi connectivity index (χ0) is 13.5. The van der Waals surface area contributed by atoms with Gasteiger partial charge in [0.1, 0.15) is 5.82 Å². The van der Waals surface area contributed by atoms with Crippen LogP contribution in [0.25, 0.3) is 11.4 Å². The van der Waals surface area contributed by atoms with E-state index in [1.807, 2.05) is 0 Å². The zero-order valence-corrected chi connectivity index (χ0v) is 11.3. The molecular weight excluding hydrogens is 304 g/mol. The van der Waals surface area contributed by atoms with Gasteiger partial charge in [0.05, 0.1) is 10.6 Å². The first-order valence-electron chi connectivity index (χ1n) is 4.61. The summed E-state index contributed by atoms with van der Waals surface area (Å²) < 4.78 is 37.1. The maximum atomic E-state index is 13.7. The van der Waals surface area contributed by atoms with E-state index in [0.29, 0.717) is 0 Å². The molecule has 1 aromatic heterocycles. The monoisotopic (exact) mass is 309 g/mol. The second kappa shape index (κ2) is 4.49. The quantitative estimate of drug-likeness (QED) is 0.798. The molecule has 0 unspecified atom stereocenters. The maximum absolute atomic E-state index is 13.7. The molecule has 18 heavy (non-hydrogen) atoms. The predicted molar refractivity (Wildman–Crippen MR) is 64.4 cm³/mol. The number of benzene rings is 1. The highest BCUT2D eigenvalue weighted by Gasteiger charge is 2.23. The average Bonchev–Trinajstić information content (AvgIpc) is 2.60. The number of aromatic nitrogens is 3. The first kappa shape index (κ1) is 13.3. The number of hydrogen-bond acceptors (Lipinski definition) is 4. The van der Waals surface area contributed by atoms with Crippen molar-refractivity contribution >= 4 is 31.3 Å². The number of rotatable bonds is 2. The largest absolute Gasteiger partial charge is 0.300 e. The second-order valence-electron chi connectivity index (χ2n) is 3.40. The van der Waals surface area contributed by atoms with Crippen LogP contribution in [0.2, 0.25) is 5.02 Å². The van der Waals surface area contributed by atoms with Crippen LogP contribution in [0.5, 0.6) is 0 Å². The van der Waals surface area contributed by atoms with Gasteiger partial charge in [-0.1, -0.05) is 17.7 Å². The molecule has 0 spiro atoms. The third-order valence-electron chi connectivity index (χ3n) is 2.24. The van der Waals surface area contributed by atoms with Crippen LogP contribution >= 0.6 is 22.3 Å². The van der Waals surface area contributed by atoms with E-state index in [2.05, 4.69) is 10.2 Å². The van der Waals surface area contributed by atoms with Crippen molar-refractivity contribution in [3.8, 4) is 11.4 Å². The molecule has 0 bridgehead atoms. The zero-order valence-electron chi connectivity index (χ0n) is 8.93. The SMILES string of the molecule is Cn1c(-c2c(F)cccc2Cl)nnc1S(=O)(=O)Cl. The van der Waals surface area contributed by atoms with Crippen molar-refractivity contribution in [1.82, 2.24) is 14.8 Å². The molecular formula is C9H6Cl2FN3O2S. The highest BCUT2D eigenvalue weighted by molar-refractivity contribution is 8.13. The molecule has 0 saturated carbocycles. The van der Waals surface area contributed by atoms with Gasteiger partial charge in [0.2, 0.25) is 0 Å². The van der Waals surface area contributed by atoms with Crippen molar-refractivity contribution in [3.05, 3.63) is 29.0 Å². The summed E-state index contributed by atoms with van der Waals surface area (Å²) in [4.78, 5) is 0. The Balaban J connectivity index is 2.71. The van der Waals surface area contributed by atoms with E-state index in [-0.39, 0.29) is 16.4 Å². The van der Waals surface area contributed by atoms with Crippen molar-refractivity contribution in [2.75, 3.05) is 0 Å². The van der Waals surface area contributed by atoms with Crippen molar-refractivity contribution < 1.29 is 12.8 Å². The third kappa shape index (κ3) is 2.21. The standard InChI is InChI=1S/C9H6Cl2FN3O2S/c1-15-8(13-14-9(15)18(11,16)17)7-5(10)3-2-4-6(7)12/h2-4H,1H3. The maximum Gasteiger partial charge on any atom is 0.296 e. The summed E-state index contributed by atoms with van der Waals surface area (Å²) in [5, 5.41) is 6.64. The van der Waals surface area contributed by atoms with Crippen LogP contribution in [0, 0.1) is 5.82 Å². The molecule has 0 fully saturated rings. The fourth-order valence-corrected chi connectivity index (χ4v) is 2.66. The van der Waals surface area contributed by atoms with E-state index in [0.717, 1.165) is 4.57 Å². The molecule has 0 aliphatic carbocycles. The van der Waals surface area contributed by atoms with Crippen molar-refractivity contribution in [2.24, 2.45) is 7.05 Å². The molecule has 2 rings (SSSR count). The number of nitrogens with zero attached hydrogens (tertiary/aromatic N) is 3. The fourth-order valence-electron chi connectivity index (χ4n) is 1.46. The van der Waals surface area contributed by atoms with Gasteiger partial charge < -0.3 is 0 Å². The first-order valence-corrected chi connectivity index (χ1v) is 7.29. The average molecular weight is 310 g/mol. The van der Waals surface area contributed by atoms with Gasteiger partial charge in [-0.2, -0.15) is 0 Å². The smallest absolute Gasteiger partial charge is 0.296 e. The molecule has 0 amide bonds. The summed E-state index contributed by atoms with van der Waals surface area (Å²) in [6, 6.07) is 4.07. The Bertz CT molecular complexity index is 694. The van der Waals surface area contributed by atoms with Crippen LogP contribution in [0.4, 0.5) is 4.39 Å². The molecule has 96 valence electrons. The summed E-state index contributed by atoms with van der Waals surface area (Å²) >= 11 is 5.86. The minimum Gasteiger partial charge on any atom is -0.300 e. The van der Waals surface area contributed by atoms with Gasteiger partial charge in [0.15, 0.2) is 5.82 Å². The van der Waals surface area contributed by atoms with Gasteiger partial charge in [-0.3, -0.25) is 4.57 Å². The van der Waals surface area contributed by atoms with Crippen LogP contribution in [0.15, 0.2) is 23.4 Å². The minimum atomic E-state index is -4.05. The number of halogens is 3. The van der Waals surface area contributed by atoms with E-state index in [1.54, 1.807) is 0 Å². The van der Waals surface area contributed by atoms with Gasteiger partial charge in [-0.15, -0.1) is 10.2 Å². The Morgan fingerprint density at radius 3 is 2.50 bits per heavy atom. The third-order valence-corrected chi connectivity index (χ3v) is 3.76. The Labute approximate surface area is 112 Å². The summed E-state index contributed by atoms with van der Waals surface area (Å²) in [7, 11) is 2.47. The van der Waals surface area contributed by atoms with Crippen LogP contribution in [-0.2, 0) is 16.1 Å². The molecule has 0 aliphatic heterocycles. The summed E-state index contributed by atoms with van der Waals surface area (Å²) in [6.07, 6.45) is 0. The summed E-state index contributed by atoms with van der Waals surface area (Å²) in [5.41, 5.74) is -0.0271. The van der Waals surface area contributed by atoms with Gasteiger partial charge in [0.25, 0.3) is 14.2 Å². The van der Waals surface area contributed by atoms with E-state index in [1.165, 1.54) is 25.2 Å².